The Morgan fingerprint density at radius 3 is 2.67 bits per heavy atom. The zero-order valence-corrected chi connectivity index (χ0v) is 18.7. The summed E-state index contributed by atoms with van der Waals surface area (Å²) in [6.45, 7) is 1.86. The molecule has 0 radical (unpaired) electrons. The molecule has 4 heterocycles. The fourth-order valence-corrected chi connectivity index (χ4v) is 5.11. The van der Waals surface area contributed by atoms with Crippen LogP contribution < -0.4 is 16.6 Å². The Labute approximate surface area is 189 Å². The number of alkyl halides is 3. The van der Waals surface area contributed by atoms with E-state index in [1.165, 1.54) is 23.0 Å². The maximum atomic E-state index is 13.1. The molecule has 2 aliphatic heterocycles. The van der Waals surface area contributed by atoms with E-state index in [1.807, 2.05) is 0 Å². The van der Waals surface area contributed by atoms with Crippen LogP contribution in [0.2, 0.25) is 0 Å². The third-order valence-corrected chi connectivity index (χ3v) is 6.88. The first-order chi connectivity index (χ1) is 15.6. The van der Waals surface area contributed by atoms with Gasteiger partial charge in [-0.1, -0.05) is 0 Å². The molecule has 1 N–H and O–H groups in total. The number of nitrogens with zero attached hydrogens (tertiary/aromatic N) is 4. The molecule has 0 bridgehead atoms. The van der Waals surface area contributed by atoms with Crippen LogP contribution in [0.25, 0.3) is 10.2 Å². The number of carbonyl (C=O) groups excluding carboxylic acids is 1. The minimum absolute atomic E-state index is 0.0627. The van der Waals surface area contributed by atoms with Crippen molar-refractivity contribution >= 4 is 33.6 Å². The van der Waals surface area contributed by atoms with Gasteiger partial charge in [0.05, 0.1) is 31.7 Å². The summed E-state index contributed by atoms with van der Waals surface area (Å²) in [6, 6.07) is 0. The van der Waals surface area contributed by atoms with Gasteiger partial charge in [0.2, 0.25) is 5.96 Å². The number of hydrogen-bond donors (Lipinski definition) is 1. The van der Waals surface area contributed by atoms with Gasteiger partial charge in [-0.3, -0.25) is 13.9 Å². The molecule has 10 nitrogen and oxygen atoms in total. The van der Waals surface area contributed by atoms with Crippen molar-refractivity contribution in [2.75, 3.05) is 26.8 Å². The number of methoxy groups -OCH3 is 1. The van der Waals surface area contributed by atoms with E-state index in [0.717, 1.165) is 0 Å². The van der Waals surface area contributed by atoms with Gasteiger partial charge in [-0.05, 0) is 18.9 Å². The lowest BCUT2D eigenvalue weighted by molar-refractivity contribution is -0.142. The van der Waals surface area contributed by atoms with Crippen LogP contribution in [0.4, 0.5) is 18.0 Å². The lowest BCUT2D eigenvalue weighted by Gasteiger charge is -2.27. The van der Waals surface area contributed by atoms with Gasteiger partial charge in [0.25, 0.3) is 5.56 Å². The summed E-state index contributed by atoms with van der Waals surface area (Å²) >= 11 is 1.17. The van der Waals surface area contributed by atoms with Crippen LogP contribution in [-0.2, 0) is 29.1 Å². The molecular formula is C19H22F3N5O5S. The summed E-state index contributed by atoms with van der Waals surface area (Å²) in [5, 5.41) is 3.05. The molecule has 1 atom stereocenters. The number of aromatic nitrogens is 2. The van der Waals surface area contributed by atoms with Crippen LogP contribution >= 0.6 is 11.3 Å². The number of rotatable bonds is 5. The molecule has 0 aromatic carbocycles. The molecule has 4 rings (SSSR count). The van der Waals surface area contributed by atoms with E-state index < -0.39 is 30.1 Å². The van der Waals surface area contributed by atoms with E-state index in [4.69, 9.17) is 4.74 Å². The van der Waals surface area contributed by atoms with Crippen molar-refractivity contribution in [3.63, 3.8) is 0 Å². The van der Waals surface area contributed by atoms with E-state index >= 15 is 0 Å². The maximum Gasteiger partial charge on any atom is 0.436 e. The van der Waals surface area contributed by atoms with Gasteiger partial charge in [0.1, 0.15) is 11.4 Å². The number of guanidine groups is 1. The highest BCUT2D eigenvalue weighted by Crippen LogP contribution is 2.30. The van der Waals surface area contributed by atoms with E-state index in [0.29, 0.717) is 47.3 Å². The predicted molar refractivity (Wildman–Crippen MR) is 114 cm³/mol. The lowest BCUT2D eigenvalue weighted by atomic mass is 10.2. The van der Waals surface area contributed by atoms with Crippen molar-refractivity contribution in [3.8, 4) is 0 Å². The van der Waals surface area contributed by atoms with Crippen LogP contribution in [0.3, 0.4) is 0 Å². The predicted octanol–water partition coefficient (Wildman–Crippen LogP) is 1.41. The van der Waals surface area contributed by atoms with Gasteiger partial charge >= 0.3 is 18.0 Å². The SMILES string of the molecule is COC(=O)/N=C1\NCCN1Cc1sc2c(c1C)c(=O)n(CC(F)(F)F)c(=O)n2CC1CCO1. The molecule has 2 aromatic rings. The Morgan fingerprint density at radius 2 is 2.06 bits per heavy atom. The fraction of sp³-hybridized carbons (Fsp3) is 0.579. The molecule has 1 amide bonds. The summed E-state index contributed by atoms with van der Waals surface area (Å²) in [7, 11) is 1.21. The lowest BCUT2D eigenvalue weighted by Crippen LogP contribution is -2.45. The average molecular weight is 489 g/mol. The van der Waals surface area contributed by atoms with E-state index in [9.17, 15) is 27.6 Å². The minimum atomic E-state index is -4.73. The van der Waals surface area contributed by atoms with Crippen molar-refractivity contribution in [3.05, 3.63) is 31.3 Å². The molecule has 180 valence electrons. The molecular weight excluding hydrogens is 467 g/mol. The van der Waals surface area contributed by atoms with Gasteiger partial charge in [-0.2, -0.15) is 13.2 Å². The Hall–Kier alpha value is -2.87. The average Bonchev–Trinajstić information content (AvgIpc) is 3.27. The molecule has 2 fully saturated rings. The van der Waals surface area contributed by atoms with Crippen LogP contribution in [0.15, 0.2) is 14.6 Å². The highest BCUT2D eigenvalue weighted by atomic mass is 32.1. The third kappa shape index (κ3) is 4.62. The second-order valence-corrected chi connectivity index (χ2v) is 8.85. The molecule has 0 spiro atoms. The first kappa shape index (κ1) is 23.3. The second-order valence-electron chi connectivity index (χ2n) is 7.77. The summed E-state index contributed by atoms with van der Waals surface area (Å²) in [5.41, 5.74) is -1.49. The number of aliphatic imine (C=N–C) groups is 1. The van der Waals surface area contributed by atoms with E-state index in [1.54, 1.807) is 11.8 Å². The molecule has 2 saturated heterocycles. The summed E-state index contributed by atoms with van der Waals surface area (Å²) in [5.74, 6) is 0.299. The van der Waals surface area contributed by atoms with E-state index in [-0.39, 0.29) is 29.1 Å². The first-order valence-electron chi connectivity index (χ1n) is 10.2. The summed E-state index contributed by atoms with van der Waals surface area (Å²) in [4.78, 5) is 44.0. The Balaban J connectivity index is 1.81. The Bertz CT molecular complexity index is 1230. The van der Waals surface area contributed by atoms with Crippen LogP contribution in [-0.4, -0.2) is 65.2 Å². The zero-order valence-electron chi connectivity index (χ0n) is 17.9. The van der Waals surface area contributed by atoms with Crippen molar-refractivity contribution in [2.24, 2.45) is 4.99 Å². The highest BCUT2D eigenvalue weighted by molar-refractivity contribution is 7.18. The Kier molecular flexibility index (Phi) is 6.22. The minimum Gasteiger partial charge on any atom is -0.451 e. The van der Waals surface area contributed by atoms with Crippen molar-refractivity contribution in [1.29, 1.82) is 0 Å². The van der Waals surface area contributed by atoms with Crippen molar-refractivity contribution < 1.29 is 27.4 Å². The largest absolute Gasteiger partial charge is 0.451 e. The Morgan fingerprint density at radius 1 is 1.33 bits per heavy atom. The van der Waals surface area contributed by atoms with Gasteiger partial charge in [0.15, 0.2) is 0 Å². The normalized spacial score (nSPS) is 19.7. The van der Waals surface area contributed by atoms with Crippen LogP contribution in [0.1, 0.15) is 16.9 Å². The number of halogens is 3. The first-order valence-corrected chi connectivity index (χ1v) is 11.0. The molecule has 2 aromatic heterocycles. The van der Waals surface area contributed by atoms with Crippen molar-refractivity contribution in [1.82, 2.24) is 19.4 Å². The highest BCUT2D eigenvalue weighted by Gasteiger charge is 2.33. The molecule has 0 saturated carbocycles. The number of carbonyl (C=O) groups is 1. The van der Waals surface area contributed by atoms with Gasteiger partial charge in [-0.25, -0.2) is 9.59 Å². The summed E-state index contributed by atoms with van der Waals surface area (Å²) < 4.78 is 50.8. The number of ether oxygens (including phenoxy) is 2. The fourth-order valence-electron chi connectivity index (χ4n) is 3.79. The number of hydrogen-bond acceptors (Lipinski definition) is 6. The number of nitrogens with one attached hydrogen (secondary N) is 1. The number of aryl methyl sites for hydroxylation is 1. The summed E-state index contributed by atoms with van der Waals surface area (Å²) in [6.07, 6.45) is -5.12. The van der Waals surface area contributed by atoms with Gasteiger partial charge in [-0.15, -0.1) is 16.3 Å². The van der Waals surface area contributed by atoms with Crippen LogP contribution in [0.5, 0.6) is 0 Å². The molecule has 33 heavy (non-hydrogen) atoms. The molecule has 1 unspecified atom stereocenters. The van der Waals surface area contributed by atoms with Crippen LogP contribution in [0, 0.1) is 6.92 Å². The van der Waals surface area contributed by atoms with Crippen molar-refractivity contribution in [2.45, 2.75) is 45.3 Å². The van der Waals surface area contributed by atoms with Gasteiger partial charge in [0, 0.05) is 24.6 Å². The number of thiophene rings is 1. The monoisotopic (exact) mass is 489 g/mol. The quantitative estimate of drug-likeness (QED) is 0.677. The standard InChI is InChI=1S/C19H22F3N5O5S/c1-10-12(8-25-5-4-23-16(25)24-17(29)31-2)33-15-13(10)14(28)27(9-19(20,21)22)18(30)26(15)7-11-3-6-32-11/h11H,3-9H2,1-2H3,(H,23,24,29). The number of amides is 1. The maximum absolute atomic E-state index is 13.1. The van der Waals surface area contributed by atoms with E-state index in [2.05, 4.69) is 15.0 Å². The number of fused-ring (bicyclic) bond motifs is 1. The molecule has 14 heteroatoms. The van der Waals surface area contributed by atoms with Gasteiger partial charge < -0.3 is 19.7 Å². The second kappa shape index (κ2) is 8.82. The molecule has 0 aliphatic carbocycles. The third-order valence-electron chi connectivity index (χ3n) is 5.58. The smallest absolute Gasteiger partial charge is 0.436 e. The zero-order chi connectivity index (χ0) is 23.9. The topological polar surface area (TPSA) is 107 Å². The molecule has 2 aliphatic rings.